The molecule has 0 saturated heterocycles. The molecular weight excluding hydrogens is 376 g/mol. The molecule has 0 bridgehead atoms. The van der Waals surface area contributed by atoms with Gasteiger partial charge >= 0.3 is 0 Å². The van der Waals surface area contributed by atoms with Gasteiger partial charge in [0.2, 0.25) is 5.75 Å². The summed E-state index contributed by atoms with van der Waals surface area (Å²) in [6, 6.07) is 10.6. The predicted molar refractivity (Wildman–Crippen MR) is 114 cm³/mol. The lowest BCUT2D eigenvalue weighted by atomic mass is 10.1. The highest BCUT2D eigenvalue weighted by Gasteiger charge is 2.11. The maximum absolute atomic E-state index is 12.4. The number of nitrogens with zero attached hydrogens (tertiary/aromatic N) is 1. The molecule has 1 aliphatic rings. The van der Waals surface area contributed by atoms with Crippen LogP contribution in [-0.4, -0.2) is 42.6 Å². The highest BCUT2D eigenvalue weighted by molar-refractivity contribution is 8.14. The van der Waals surface area contributed by atoms with E-state index in [1.165, 1.54) is 20.3 Å². The van der Waals surface area contributed by atoms with Gasteiger partial charge in [-0.3, -0.25) is 9.79 Å². The van der Waals surface area contributed by atoms with Crippen molar-refractivity contribution in [2.24, 2.45) is 4.99 Å². The van der Waals surface area contributed by atoms with E-state index in [4.69, 9.17) is 9.47 Å². The van der Waals surface area contributed by atoms with E-state index in [1.807, 2.05) is 12.1 Å². The first-order valence-electron chi connectivity index (χ1n) is 8.82. The SMILES string of the molecule is COc1cc(/C=C/C(=O)c2ccc(NC3=NCCCS3)cc2)cc(OC)c1O. The minimum Gasteiger partial charge on any atom is -0.502 e. The smallest absolute Gasteiger partial charge is 0.200 e. The van der Waals surface area contributed by atoms with Gasteiger partial charge in [0.25, 0.3) is 0 Å². The topological polar surface area (TPSA) is 80.2 Å². The molecule has 0 aliphatic carbocycles. The number of allylic oxidation sites excluding steroid dienone is 1. The summed E-state index contributed by atoms with van der Waals surface area (Å²) in [5, 5.41) is 14.1. The quantitative estimate of drug-likeness (QED) is 0.560. The van der Waals surface area contributed by atoms with E-state index in [1.54, 1.807) is 42.1 Å². The Bertz CT molecular complexity index is 882. The zero-order valence-electron chi connectivity index (χ0n) is 15.8. The minimum absolute atomic E-state index is 0.0719. The van der Waals surface area contributed by atoms with Crippen molar-refractivity contribution < 1.29 is 19.4 Å². The second kappa shape index (κ2) is 9.32. The maximum atomic E-state index is 12.4. The number of methoxy groups -OCH3 is 2. The molecule has 0 aromatic heterocycles. The van der Waals surface area contributed by atoms with E-state index >= 15 is 0 Å². The second-order valence-electron chi connectivity index (χ2n) is 6.06. The third kappa shape index (κ3) is 4.86. The molecule has 2 aromatic rings. The fourth-order valence-corrected chi connectivity index (χ4v) is 3.49. The number of hydrogen-bond acceptors (Lipinski definition) is 7. The van der Waals surface area contributed by atoms with Crippen LogP contribution in [0.15, 0.2) is 47.5 Å². The van der Waals surface area contributed by atoms with Crippen molar-refractivity contribution in [3.63, 3.8) is 0 Å². The minimum atomic E-state index is -0.123. The molecule has 0 atom stereocenters. The lowest BCUT2D eigenvalue weighted by Crippen LogP contribution is -2.13. The fraction of sp³-hybridized carbons (Fsp3) is 0.238. The monoisotopic (exact) mass is 398 g/mol. The molecule has 3 rings (SSSR count). The highest BCUT2D eigenvalue weighted by Crippen LogP contribution is 2.37. The van der Waals surface area contributed by atoms with Gasteiger partial charge in [0.15, 0.2) is 22.4 Å². The van der Waals surface area contributed by atoms with Crippen molar-refractivity contribution in [2.45, 2.75) is 6.42 Å². The molecular formula is C21H22N2O4S. The molecule has 146 valence electrons. The van der Waals surface area contributed by atoms with Gasteiger partial charge < -0.3 is 19.9 Å². The first kappa shape index (κ1) is 19.8. The Kier molecular flexibility index (Phi) is 6.60. The number of carbonyl (C=O) groups excluding carboxylic acids is 1. The predicted octanol–water partition coefficient (Wildman–Crippen LogP) is 4.21. The Morgan fingerprint density at radius 3 is 2.43 bits per heavy atom. The summed E-state index contributed by atoms with van der Waals surface area (Å²) >= 11 is 1.70. The zero-order valence-corrected chi connectivity index (χ0v) is 16.6. The first-order chi connectivity index (χ1) is 13.6. The summed E-state index contributed by atoms with van der Waals surface area (Å²) in [5.41, 5.74) is 2.17. The molecule has 7 heteroatoms. The summed E-state index contributed by atoms with van der Waals surface area (Å²) in [4.78, 5) is 16.9. The molecule has 0 unspecified atom stereocenters. The van der Waals surface area contributed by atoms with Gasteiger partial charge in [-0.1, -0.05) is 17.8 Å². The second-order valence-corrected chi connectivity index (χ2v) is 7.15. The Morgan fingerprint density at radius 2 is 1.86 bits per heavy atom. The number of ether oxygens (including phenoxy) is 2. The van der Waals surface area contributed by atoms with Gasteiger partial charge in [-0.15, -0.1) is 0 Å². The first-order valence-corrected chi connectivity index (χ1v) is 9.81. The van der Waals surface area contributed by atoms with Crippen molar-refractivity contribution >= 4 is 34.5 Å². The zero-order chi connectivity index (χ0) is 19.9. The Balaban J connectivity index is 1.69. The van der Waals surface area contributed by atoms with Crippen molar-refractivity contribution in [3.05, 3.63) is 53.6 Å². The number of aromatic hydroxyl groups is 1. The molecule has 0 saturated carbocycles. The van der Waals surface area contributed by atoms with Crippen molar-refractivity contribution in [2.75, 3.05) is 31.8 Å². The van der Waals surface area contributed by atoms with Crippen LogP contribution in [-0.2, 0) is 0 Å². The third-order valence-corrected chi connectivity index (χ3v) is 5.14. The molecule has 1 heterocycles. The molecule has 0 amide bonds. The summed E-state index contributed by atoms with van der Waals surface area (Å²) in [6.45, 7) is 0.851. The number of anilines is 1. The van der Waals surface area contributed by atoms with Gasteiger partial charge in [-0.05, 0) is 54.5 Å². The van der Waals surface area contributed by atoms with Crippen molar-refractivity contribution in [3.8, 4) is 17.2 Å². The van der Waals surface area contributed by atoms with E-state index in [0.29, 0.717) is 11.1 Å². The number of thioether (sulfide) groups is 1. The summed E-state index contributed by atoms with van der Waals surface area (Å²) in [5.74, 6) is 1.44. The van der Waals surface area contributed by atoms with E-state index in [-0.39, 0.29) is 23.0 Å². The average Bonchev–Trinajstić information content (AvgIpc) is 2.74. The van der Waals surface area contributed by atoms with Gasteiger partial charge in [-0.2, -0.15) is 0 Å². The van der Waals surface area contributed by atoms with Crippen LogP contribution in [0, 0.1) is 0 Å². The van der Waals surface area contributed by atoms with E-state index in [2.05, 4.69) is 10.3 Å². The number of nitrogens with one attached hydrogen (secondary N) is 1. The molecule has 1 aliphatic heterocycles. The van der Waals surface area contributed by atoms with E-state index < -0.39 is 0 Å². The molecule has 0 spiro atoms. The maximum Gasteiger partial charge on any atom is 0.200 e. The van der Waals surface area contributed by atoms with Gasteiger partial charge in [-0.25, -0.2) is 0 Å². The molecule has 2 N–H and O–H groups in total. The number of rotatable bonds is 6. The number of aliphatic imine (C=N–C) groups is 1. The third-order valence-electron chi connectivity index (χ3n) is 4.15. The average molecular weight is 398 g/mol. The number of phenolic OH excluding ortho intramolecular Hbond substituents is 1. The highest BCUT2D eigenvalue weighted by atomic mass is 32.2. The lowest BCUT2D eigenvalue weighted by Gasteiger charge is -2.13. The van der Waals surface area contributed by atoms with Crippen LogP contribution in [0.5, 0.6) is 17.2 Å². The Hall–Kier alpha value is -2.93. The van der Waals surface area contributed by atoms with Crippen molar-refractivity contribution in [1.29, 1.82) is 0 Å². The van der Waals surface area contributed by atoms with Crippen LogP contribution in [0.25, 0.3) is 6.08 Å². The van der Waals surface area contributed by atoms with Gasteiger partial charge in [0, 0.05) is 23.5 Å². The fourth-order valence-electron chi connectivity index (χ4n) is 2.65. The number of hydrogen-bond donors (Lipinski definition) is 2. The molecule has 0 radical (unpaired) electrons. The number of phenols is 1. The normalized spacial score (nSPS) is 13.9. The molecule has 0 fully saturated rings. The van der Waals surface area contributed by atoms with Gasteiger partial charge in [0.1, 0.15) is 0 Å². The van der Waals surface area contributed by atoms with Gasteiger partial charge in [0.05, 0.1) is 14.2 Å². The van der Waals surface area contributed by atoms with Crippen molar-refractivity contribution in [1.82, 2.24) is 0 Å². The standard InChI is InChI=1S/C21H22N2O4S/c1-26-18-12-14(13-19(27-2)20(18)25)4-9-17(24)15-5-7-16(8-6-15)23-21-22-10-3-11-28-21/h4-9,12-13,25H,3,10-11H2,1-2H3,(H,22,23)/b9-4+. The number of carbonyl (C=O) groups is 1. The Labute approximate surface area is 168 Å². The number of benzene rings is 2. The van der Waals surface area contributed by atoms with Crippen LogP contribution in [0.1, 0.15) is 22.3 Å². The number of amidine groups is 1. The lowest BCUT2D eigenvalue weighted by molar-refractivity contribution is 0.104. The summed E-state index contributed by atoms with van der Waals surface area (Å²) in [6.07, 6.45) is 4.25. The number of ketones is 1. The largest absolute Gasteiger partial charge is 0.502 e. The van der Waals surface area contributed by atoms with E-state index in [9.17, 15) is 9.90 Å². The van der Waals surface area contributed by atoms with Crippen LogP contribution in [0.3, 0.4) is 0 Å². The summed E-state index contributed by atoms with van der Waals surface area (Å²) < 4.78 is 10.3. The Morgan fingerprint density at radius 1 is 1.18 bits per heavy atom. The van der Waals surface area contributed by atoms with Crippen LogP contribution in [0.4, 0.5) is 5.69 Å². The van der Waals surface area contributed by atoms with E-state index in [0.717, 1.165) is 29.6 Å². The molecule has 2 aromatic carbocycles. The van der Waals surface area contributed by atoms with Crippen LogP contribution in [0.2, 0.25) is 0 Å². The van der Waals surface area contributed by atoms with Crippen LogP contribution < -0.4 is 14.8 Å². The molecule has 6 nitrogen and oxygen atoms in total. The van der Waals surface area contributed by atoms with Crippen LogP contribution >= 0.6 is 11.8 Å². The summed E-state index contributed by atoms with van der Waals surface area (Å²) in [7, 11) is 2.92. The molecule has 28 heavy (non-hydrogen) atoms.